The zero-order chi connectivity index (χ0) is 21.4. The average molecular weight is 464 g/mol. The summed E-state index contributed by atoms with van der Waals surface area (Å²) in [5.41, 5.74) is 6.34. The van der Waals surface area contributed by atoms with Crippen molar-refractivity contribution < 1.29 is 4.42 Å². The number of benzene rings is 3. The van der Waals surface area contributed by atoms with E-state index in [1.54, 1.807) is 0 Å². The molecule has 0 amide bonds. The van der Waals surface area contributed by atoms with Gasteiger partial charge in [0.2, 0.25) is 0 Å². The van der Waals surface area contributed by atoms with Crippen molar-refractivity contribution in [2.75, 3.05) is 0 Å². The van der Waals surface area contributed by atoms with Crippen molar-refractivity contribution >= 4 is 28.6 Å². The summed E-state index contributed by atoms with van der Waals surface area (Å²) in [6, 6.07) is 31.7. The number of hydrogen-bond donors (Lipinski definition) is 0. The second-order valence-corrected chi connectivity index (χ2v) is 19.6. The Hall–Kier alpha value is -3.11. The van der Waals surface area contributed by atoms with E-state index < -0.39 is 13.3 Å². The Bertz CT molecular complexity index is 1330. The Balaban J connectivity index is 1.69. The van der Waals surface area contributed by atoms with Crippen molar-refractivity contribution in [3.63, 3.8) is 0 Å². The average Bonchev–Trinajstić information content (AvgIpc) is 3.23. The minimum absolute atomic E-state index is 0.883. The van der Waals surface area contributed by atoms with Gasteiger partial charge in [0.1, 0.15) is 0 Å². The van der Waals surface area contributed by atoms with Crippen LogP contribution in [-0.4, -0.2) is 18.3 Å². The third-order valence-corrected chi connectivity index (χ3v) is 9.94. The third-order valence-electron chi connectivity index (χ3n) is 5.68. The maximum absolute atomic E-state index is 6.38. The molecule has 3 aromatic carbocycles. The fourth-order valence-electron chi connectivity index (χ4n) is 3.89. The van der Waals surface area contributed by atoms with Crippen LogP contribution >= 0.6 is 0 Å². The number of nitrogens with zero attached hydrogens (tertiary/aromatic N) is 1. The van der Waals surface area contributed by atoms with Gasteiger partial charge in [-0.15, -0.1) is 0 Å². The molecule has 2 nitrogen and oxygen atoms in total. The van der Waals surface area contributed by atoms with Crippen molar-refractivity contribution in [3.05, 3.63) is 97.2 Å². The Kier molecular flexibility index (Phi) is 5.03. The first-order valence-electron chi connectivity index (χ1n) is 10.6. The number of aromatic nitrogens is 1. The number of hydrogen-bond acceptors (Lipinski definition) is 2. The van der Waals surface area contributed by atoms with E-state index in [1.807, 2.05) is 24.3 Å². The van der Waals surface area contributed by atoms with Gasteiger partial charge in [-0.2, -0.15) is 0 Å². The molecule has 3 heteroatoms. The molecule has 0 saturated heterocycles. The molecule has 2 heterocycles. The molecule has 0 aliphatic carbocycles. The number of pyridine rings is 1. The van der Waals surface area contributed by atoms with E-state index in [0.29, 0.717) is 0 Å². The predicted octanol–water partition coefficient (Wildman–Crippen LogP) is 7.37. The molecule has 5 aromatic rings. The minimum atomic E-state index is -1.89. The van der Waals surface area contributed by atoms with Crippen LogP contribution < -0.4 is 4.40 Å². The number of fused-ring (bicyclic) bond motifs is 1. The fourth-order valence-corrected chi connectivity index (χ4v) is 6.06. The van der Waals surface area contributed by atoms with E-state index in [2.05, 4.69) is 90.2 Å². The van der Waals surface area contributed by atoms with E-state index in [0.717, 1.165) is 44.7 Å². The second-order valence-electron chi connectivity index (χ2n) is 8.97. The molecule has 0 aliphatic rings. The van der Waals surface area contributed by atoms with E-state index in [1.165, 1.54) is 4.40 Å². The van der Waals surface area contributed by atoms with Crippen LogP contribution in [0.4, 0.5) is 0 Å². The van der Waals surface area contributed by atoms with Gasteiger partial charge >= 0.3 is 180 Å². The molecular weight excluding hydrogens is 439 g/mol. The molecule has 31 heavy (non-hydrogen) atoms. The predicted molar refractivity (Wildman–Crippen MR) is 133 cm³/mol. The summed E-state index contributed by atoms with van der Waals surface area (Å²) in [6.07, 6.45) is 2.08. The second kappa shape index (κ2) is 7.86. The molecule has 0 saturated carbocycles. The van der Waals surface area contributed by atoms with E-state index in [-0.39, 0.29) is 0 Å². The molecular formula is C28H25GeNO. The van der Waals surface area contributed by atoms with Crippen molar-refractivity contribution in [2.24, 2.45) is 0 Å². The van der Waals surface area contributed by atoms with Crippen LogP contribution in [0.2, 0.25) is 17.3 Å². The topological polar surface area (TPSA) is 26.0 Å². The summed E-state index contributed by atoms with van der Waals surface area (Å²) in [5.74, 6) is 8.07. The van der Waals surface area contributed by atoms with Crippen LogP contribution in [0.15, 0.2) is 102 Å². The van der Waals surface area contributed by atoms with Gasteiger partial charge in [-0.05, 0) is 0 Å². The van der Waals surface area contributed by atoms with Crippen LogP contribution in [0.3, 0.4) is 0 Å². The standard InChI is InChI=1S/C28H25GeNO/c1-29(2,3)24-14-15-26(30-19-24)22-16-23-18-27(21-12-8-5-9-13-21)31-28(23)25(17-22)20-10-6-4-7-11-20/h4-19H,1-3H3. The maximum atomic E-state index is 6.38. The van der Waals surface area contributed by atoms with Crippen molar-refractivity contribution in [1.82, 2.24) is 4.98 Å². The summed E-state index contributed by atoms with van der Waals surface area (Å²) < 4.78 is 7.80. The molecule has 2 aromatic heterocycles. The molecule has 0 fully saturated rings. The Morgan fingerprint density at radius 3 is 1.97 bits per heavy atom. The molecule has 0 spiro atoms. The van der Waals surface area contributed by atoms with Gasteiger partial charge in [0.15, 0.2) is 0 Å². The van der Waals surface area contributed by atoms with Gasteiger partial charge in [0.25, 0.3) is 0 Å². The summed E-state index contributed by atoms with van der Waals surface area (Å²) >= 11 is -1.89. The summed E-state index contributed by atoms with van der Waals surface area (Å²) in [7, 11) is 0. The first-order valence-corrected chi connectivity index (χ1v) is 18.0. The molecule has 0 radical (unpaired) electrons. The van der Waals surface area contributed by atoms with Gasteiger partial charge in [0, 0.05) is 0 Å². The van der Waals surface area contributed by atoms with Gasteiger partial charge in [-0.1, -0.05) is 6.07 Å². The molecule has 0 atom stereocenters. The zero-order valence-corrected chi connectivity index (χ0v) is 20.2. The molecule has 152 valence electrons. The quantitative estimate of drug-likeness (QED) is 0.260. The Labute approximate surface area is 185 Å². The SMILES string of the molecule is [CH3][Ge]([CH3])([CH3])[c]1ccc(-c2cc(-c3ccccc3)c3oc(-c4ccccc4)cc3c2)nc1. The Morgan fingerprint density at radius 1 is 0.677 bits per heavy atom. The summed E-state index contributed by atoms with van der Waals surface area (Å²) in [5, 5.41) is 1.09. The van der Waals surface area contributed by atoms with Crippen LogP contribution in [0.25, 0.3) is 44.7 Å². The van der Waals surface area contributed by atoms with Crippen LogP contribution in [0.1, 0.15) is 0 Å². The Morgan fingerprint density at radius 2 is 1.35 bits per heavy atom. The van der Waals surface area contributed by atoms with E-state index >= 15 is 0 Å². The number of furan rings is 1. The van der Waals surface area contributed by atoms with Gasteiger partial charge in [-0.3, -0.25) is 0 Å². The monoisotopic (exact) mass is 465 g/mol. The van der Waals surface area contributed by atoms with Crippen molar-refractivity contribution in [2.45, 2.75) is 17.3 Å². The van der Waals surface area contributed by atoms with Gasteiger partial charge < -0.3 is 0 Å². The first kappa shape index (κ1) is 19.8. The fraction of sp³-hybridized carbons (Fsp3) is 0.107. The third kappa shape index (κ3) is 3.96. The van der Waals surface area contributed by atoms with E-state index in [4.69, 9.17) is 9.40 Å². The molecule has 0 bridgehead atoms. The molecule has 0 unspecified atom stereocenters. The molecule has 0 N–H and O–H groups in total. The van der Waals surface area contributed by atoms with Crippen molar-refractivity contribution in [1.29, 1.82) is 0 Å². The molecule has 5 rings (SSSR count). The first-order chi connectivity index (χ1) is 15.0. The van der Waals surface area contributed by atoms with Crippen LogP contribution in [0.5, 0.6) is 0 Å². The normalized spacial score (nSPS) is 11.7. The molecule has 0 aliphatic heterocycles. The van der Waals surface area contributed by atoms with E-state index in [9.17, 15) is 0 Å². The summed E-state index contributed by atoms with van der Waals surface area (Å²) in [6.45, 7) is 0. The zero-order valence-electron chi connectivity index (χ0n) is 18.1. The van der Waals surface area contributed by atoms with Gasteiger partial charge in [-0.25, -0.2) is 0 Å². The van der Waals surface area contributed by atoms with Gasteiger partial charge in [0.05, 0.1) is 0 Å². The van der Waals surface area contributed by atoms with Crippen LogP contribution in [-0.2, 0) is 0 Å². The van der Waals surface area contributed by atoms with Crippen LogP contribution in [0, 0.1) is 0 Å². The van der Waals surface area contributed by atoms with Crippen molar-refractivity contribution in [3.8, 4) is 33.7 Å². The summed E-state index contributed by atoms with van der Waals surface area (Å²) in [4.78, 5) is 4.84. The number of rotatable bonds is 4.